The van der Waals surface area contributed by atoms with Gasteiger partial charge in [-0.1, -0.05) is 0 Å². The number of hydrogen-bond donors (Lipinski definition) is 1. The lowest BCUT2D eigenvalue weighted by molar-refractivity contribution is 1.27. The molecule has 0 saturated carbocycles. The van der Waals surface area contributed by atoms with Gasteiger partial charge in [0.05, 0.1) is 0 Å². The van der Waals surface area contributed by atoms with E-state index in [4.69, 9.17) is 16.3 Å². The molecule has 0 spiro atoms. The summed E-state index contributed by atoms with van der Waals surface area (Å²) in [4.78, 5) is 4.82. The van der Waals surface area contributed by atoms with Crippen molar-refractivity contribution in [1.29, 1.82) is 10.5 Å². The molecule has 0 aromatic carbocycles. The molecule has 0 saturated heterocycles. The van der Waals surface area contributed by atoms with Crippen molar-refractivity contribution in [2.24, 2.45) is 10.7 Å². The summed E-state index contributed by atoms with van der Waals surface area (Å²) < 4.78 is 0. The van der Waals surface area contributed by atoms with Crippen molar-refractivity contribution in [3.63, 3.8) is 0 Å². The Balaban J connectivity index is 2.98. The number of rotatable bonds is 2. The average molecular weight is 216 g/mol. The lowest BCUT2D eigenvalue weighted by Gasteiger charge is -1.90. The van der Waals surface area contributed by atoms with Crippen molar-refractivity contribution in [2.75, 3.05) is 0 Å². The van der Waals surface area contributed by atoms with Crippen LogP contribution in [0.2, 0.25) is 0 Å². The molecule has 4 nitrogen and oxygen atoms in total. The molecule has 0 radical (unpaired) electrons. The fourth-order valence-electron chi connectivity index (χ4n) is 0.851. The van der Waals surface area contributed by atoms with Gasteiger partial charge in [-0.15, -0.1) is 11.3 Å². The highest BCUT2D eigenvalue weighted by molar-refractivity contribution is 7.11. The van der Waals surface area contributed by atoms with E-state index in [9.17, 15) is 0 Å². The summed E-state index contributed by atoms with van der Waals surface area (Å²) in [5.74, 6) is 0. The smallest absolute Gasteiger partial charge is 0.174 e. The molecule has 0 bridgehead atoms. The number of nitrogens with zero attached hydrogens (tertiary/aromatic N) is 3. The van der Waals surface area contributed by atoms with Gasteiger partial charge in [-0.25, -0.2) is 4.99 Å². The van der Waals surface area contributed by atoms with E-state index in [0.717, 1.165) is 10.4 Å². The Bertz CT molecular complexity index is 496. The van der Waals surface area contributed by atoms with Crippen LogP contribution < -0.4 is 5.73 Å². The van der Waals surface area contributed by atoms with E-state index in [0.29, 0.717) is 0 Å². The second-order valence-corrected chi connectivity index (χ2v) is 3.66. The highest BCUT2D eigenvalue weighted by atomic mass is 32.1. The summed E-state index contributed by atoms with van der Waals surface area (Å²) in [6.45, 7) is 1.95. The summed E-state index contributed by atoms with van der Waals surface area (Å²) in [7, 11) is 0. The van der Waals surface area contributed by atoms with Crippen LogP contribution in [0, 0.1) is 29.6 Å². The van der Waals surface area contributed by atoms with Gasteiger partial charge in [0.2, 0.25) is 0 Å². The molecule has 0 aliphatic rings. The molecule has 0 atom stereocenters. The standard InChI is InChI=1S/C10H8N4S/c1-7-2-3-15-10(7)6-14-9(5-12)8(13)4-11/h2-3,6H,13H2,1H3/b9-8-,14-6?. The Labute approximate surface area is 91.6 Å². The molecule has 0 aliphatic heterocycles. The van der Waals surface area contributed by atoms with Gasteiger partial charge in [0.25, 0.3) is 0 Å². The van der Waals surface area contributed by atoms with Crippen LogP contribution in [0.1, 0.15) is 10.4 Å². The van der Waals surface area contributed by atoms with Gasteiger partial charge >= 0.3 is 0 Å². The fourth-order valence-corrected chi connectivity index (χ4v) is 1.64. The van der Waals surface area contributed by atoms with Crippen LogP contribution in [0.15, 0.2) is 27.8 Å². The molecule has 0 amide bonds. The maximum Gasteiger partial charge on any atom is 0.174 e. The van der Waals surface area contributed by atoms with Crippen LogP contribution >= 0.6 is 11.3 Å². The van der Waals surface area contributed by atoms with E-state index in [2.05, 4.69) is 4.99 Å². The van der Waals surface area contributed by atoms with Crippen LogP contribution in [-0.4, -0.2) is 6.21 Å². The van der Waals surface area contributed by atoms with Crippen LogP contribution in [-0.2, 0) is 0 Å². The van der Waals surface area contributed by atoms with Gasteiger partial charge < -0.3 is 5.73 Å². The summed E-state index contributed by atoms with van der Waals surface area (Å²) >= 11 is 1.52. The zero-order valence-electron chi connectivity index (χ0n) is 8.06. The molecule has 0 fully saturated rings. The normalized spacial score (nSPS) is 11.9. The molecular formula is C10H8N4S. The molecule has 1 aromatic rings. The molecule has 5 heteroatoms. The molecule has 1 aromatic heterocycles. The Morgan fingerprint density at radius 3 is 2.73 bits per heavy atom. The lowest BCUT2D eigenvalue weighted by Crippen LogP contribution is -1.97. The van der Waals surface area contributed by atoms with E-state index >= 15 is 0 Å². The van der Waals surface area contributed by atoms with E-state index in [1.54, 1.807) is 18.4 Å². The van der Waals surface area contributed by atoms with Crippen molar-refractivity contribution >= 4 is 17.6 Å². The zero-order valence-corrected chi connectivity index (χ0v) is 8.88. The van der Waals surface area contributed by atoms with E-state index < -0.39 is 0 Å². The Morgan fingerprint density at radius 1 is 1.53 bits per heavy atom. The zero-order chi connectivity index (χ0) is 11.3. The van der Waals surface area contributed by atoms with E-state index in [1.807, 2.05) is 18.4 Å². The largest absolute Gasteiger partial charge is 0.388 e. The minimum absolute atomic E-state index is 0.0506. The topological polar surface area (TPSA) is 86.0 Å². The maximum atomic E-state index is 8.68. The molecule has 2 N–H and O–H groups in total. The van der Waals surface area contributed by atoms with Crippen molar-refractivity contribution in [3.05, 3.63) is 33.3 Å². The molecule has 15 heavy (non-hydrogen) atoms. The number of allylic oxidation sites excluding steroid dienone is 2. The van der Waals surface area contributed by atoms with Crippen molar-refractivity contribution < 1.29 is 0 Å². The first-order valence-corrected chi connectivity index (χ1v) is 4.95. The minimum Gasteiger partial charge on any atom is -0.388 e. The van der Waals surface area contributed by atoms with Crippen LogP contribution in [0.4, 0.5) is 0 Å². The van der Waals surface area contributed by atoms with Crippen molar-refractivity contribution in [2.45, 2.75) is 6.92 Å². The van der Waals surface area contributed by atoms with Gasteiger partial charge in [0, 0.05) is 11.1 Å². The summed E-state index contributed by atoms with van der Waals surface area (Å²) in [5, 5.41) is 19.1. The summed E-state index contributed by atoms with van der Waals surface area (Å²) in [6, 6.07) is 5.41. The summed E-state index contributed by atoms with van der Waals surface area (Å²) in [6.07, 6.45) is 1.54. The Hall–Kier alpha value is -2.11. The third-order valence-electron chi connectivity index (χ3n) is 1.69. The number of aliphatic imine (C=N–C) groups is 1. The molecule has 1 heterocycles. The molecular weight excluding hydrogens is 208 g/mol. The second-order valence-electron chi connectivity index (χ2n) is 2.71. The van der Waals surface area contributed by atoms with E-state index in [1.165, 1.54) is 11.3 Å². The van der Waals surface area contributed by atoms with Gasteiger partial charge in [0.15, 0.2) is 5.70 Å². The molecule has 0 aliphatic carbocycles. The highest BCUT2D eigenvalue weighted by Crippen LogP contribution is 2.13. The monoisotopic (exact) mass is 216 g/mol. The molecule has 0 unspecified atom stereocenters. The summed E-state index contributed by atoms with van der Waals surface area (Å²) in [5.41, 5.74) is 6.16. The van der Waals surface area contributed by atoms with E-state index in [-0.39, 0.29) is 11.4 Å². The highest BCUT2D eigenvalue weighted by Gasteiger charge is 2.00. The number of nitriles is 2. The van der Waals surface area contributed by atoms with Crippen LogP contribution in [0.5, 0.6) is 0 Å². The fraction of sp³-hybridized carbons (Fsp3) is 0.100. The second kappa shape index (κ2) is 4.94. The number of thiophene rings is 1. The third-order valence-corrected chi connectivity index (χ3v) is 2.65. The predicted molar refractivity (Wildman–Crippen MR) is 59.1 cm³/mol. The van der Waals surface area contributed by atoms with Gasteiger partial charge in [0.1, 0.15) is 17.8 Å². The third kappa shape index (κ3) is 2.67. The SMILES string of the molecule is Cc1ccsc1C=N/C(C#N)=C(\N)C#N. The van der Waals surface area contributed by atoms with Crippen molar-refractivity contribution in [1.82, 2.24) is 0 Å². The number of nitrogens with two attached hydrogens (primary N) is 1. The first-order chi connectivity index (χ1) is 7.19. The Kier molecular flexibility index (Phi) is 3.61. The van der Waals surface area contributed by atoms with Gasteiger partial charge in [-0.3, -0.25) is 0 Å². The first kappa shape index (κ1) is 11.0. The lowest BCUT2D eigenvalue weighted by atomic mass is 10.3. The first-order valence-electron chi connectivity index (χ1n) is 4.07. The van der Waals surface area contributed by atoms with Crippen molar-refractivity contribution in [3.8, 4) is 12.1 Å². The molecule has 1 rings (SSSR count). The maximum absolute atomic E-state index is 8.68. The Morgan fingerprint density at radius 2 is 2.27 bits per heavy atom. The molecule has 74 valence electrons. The number of hydrogen-bond acceptors (Lipinski definition) is 5. The van der Waals surface area contributed by atoms with Crippen LogP contribution in [0.3, 0.4) is 0 Å². The van der Waals surface area contributed by atoms with Crippen LogP contribution in [0.25, 0.3) is 0 Å². The van der Waals surface area contributed by atoms with Gasteiger partial charge in [-0.2, -0.15) is 10.5 Å². The number of aryl methyl sites for hydroxylation is 1. The average Bonchev–Trinajstić information content (AvgIpc) is 2.65. The minimum atomic E-state index is -0.164. The predicted octanol–water partition coefficient (Wildman–Crippen LogP) is 1.69. The van der Waals surface area contributed by atoms with Gasteiger partial charge in [-0.05, 0) is 23.9 Å². The quantitative estimate of drug-likeness (QED) is 0.603.